The first-order chi connectivity index (χ1) is 8.18. The summed E-state index contributed by atoms with van der Waals surface area (Å²) < 4.78 is 0. The summed E-state index contributed by atoms with van der Waals surface area (Å²) in [5.41, 5.74) is 0. The van der Waals surface area contributed by atoms with Gasteiger partial charge in [0.2, 0.25) is 5.91 Å². The van der Waals surface area contributed by atoms with Gasteiger partial charge in [-0.25, -0.2) is 0 Å². The van der Waals surface area contributed by atoms with Crippen LogP contribution in [-0.2, 0) is 4.79 Å². The number of hydrogen-bond donors (Lipinski definition) is 1. The summed E-state index contributed by atoms with van der Waals surface area (Å²) in [6.07, 6.45) is 8.69. The first-order valence-corrected chi connectivity index (χ1v) is 6.87. The highest BCUT2D eigenvalue weighted by molar-refractivity contribution is 5.87. The molecule has 0 spiro atoms. The molecule has 1 amide bonds. The summed E-state index contributed by atoms with van der Waals surface area (Å²) in [4.78, 5) is 13.9. The lowest BCUT2D eigenvalue weighted by Crippen LogP contribution is -2.33. The molecule has 1 aliphatic heterocycles. The van der Waals surface area contributed by atoms with Crippen LogP contribution in [0.5, 0.6) is 0 Å². The summed E-state index contributed by atoms with van der Waals surface area (Å²) in [5, 5.41) is 2.93. The van der Waals surface area contributed by atoms with Crippen molar-refractivity contribution in [2.24, 2.45) is 5.92 Å². The zero-order valence-electron chi connectivity index (χ0n) is 11.2. The second-order valence-corrected chi connectivity index (χ2v) is 5.15. The first-order valence-electron chi connectivity index (χ1n) is 6.87. The highest BCUT2D eigenvalue weighted by atomic mass is 16.1. The minimum Gasteiger partial charge on any atom is -0.353 e. The van der Waals surface area contributed by atoms with Gasteiger partial charge in [0.15, 0.2) is 0 Å². The van der Waals surface area contributed by atoms with Gasteiger partial charge in [0.1, 0.15) is 0 Å². The van der Waals surface area contributed by atoms with Gasteiger partial charge in [-0.1, -0.05) is 26.3 Å². The van der Waals surface area contributed by atoms with Crippen LogP contribution in [0.4, 0.5) is 0 Å². The Bertz CT molecular complexity index is 243. The normalized spacial score (nSPS) is 17.8. The van der Waals surface area contributed by atoms with Crippen molar-refractivity contribution in [2.75, 3.05) is 26.2 Å². The number of amides is 1. The van der Waals surface area contributed by atoms with Crippen molar-refractivity contribution in [3.63, 3.8) is 0 Å². The largest absolute Gasteiger partial charge is 0.353 e. The highest BCUT2D eigenvalue weighted by Crippen LogP contribution is 2.08. The summed E-state index contributed by atoms with van der Waals surface area (Å²) in [7, 11) is 0. The Morgan fingerprint density at radius 3 is 2.65 bits per heavy atom. The third-order valence-corrected chi connectivity index (χ3v) is 3.03. The third kappa shape index (κ3) is 7.16. The molecule has 1 rings (SSSR count). The second-order valence-electron chi connectivity index (χ2n) is 5.15. The fraction of sp³-hybridized carbons (Fsp3) is 0.786. The molecule has 98 valence electrons. The monoisotopic (exact) mass is 238 g/mol. The maximum Gasteiger partial charge on any atom is 0.243 e. The molecular weight excluding hydrogens is 212 g/mol. The Balaban J connectivity index is 2.01. The number of likely N-dealkylation sites (tertiary alicyclic amines) is 1. The molecule has 0 atom stereocenters. The molecule has 17 heavy (non-hydrogen) atoms. The molecule has 0 aliphatic carbocycles. The van der Waals surface area contributed by atoms with Crippen molar-refractivity contribution in [2.45, 2.75) is 39.5 Å². The molecule has 0 aromatic carbocycles. The van der Waals surface area contributed by atoms with E-state index in [0.717, 1.165) is 19.5 Å². The van der Waals surface area contributed by atoms with Crippen LogP contribution in [0.3, 0.4) is 0 Å². The van der Waals surface area contributed by atoms with Crippen molar-refractivity contribution >= 4 is 5.91 Å². The molecule has 1 aliphatic rings. The van der Waals surface area contributed by atoms with E-state index in [4.69, 9.17) is 0 Å². The molecule has 0 saturated carbocycles. The van der Waals surface area contributed by atoms with E-state index in [-0.39, 0.29) is 5.91 Å². The average Bonchev–Trinajstić information content (AvgIpc) is 2.33. The zero-order valence-corrected chi connectivity index (χ0v) is 11.2. The zero-order chi connectivity index (χ0) is 12.5. The lowest BCUT2D eigenvalue weighted by Gasteiger charge is -2.26. The molecule has 1 fully saturated rings. The number of allylic oxidation sites excluding steroid dienone is 1. The molecule has 0 radical (unpaired) electrons. The molecule has 1 heterocycles. The summed E-state index contributed by atoms with van der Waals surface area (Å²) in [6, 6.07) is 0. The van der Waals surface area contributed by atoms with Gasteiger partial charge >= 0.3 is 0 Å². The maximum atomic E-state index is 11.4. The van der Waals surface area contributed by atoms with Gasteiger partial charge in [-0.15, -0.1) is 0 Å². The number of piperidine rings is 1. The summed E-state index contributed by atoms with van der Waals surface area (Å²) >= 11 is 0. The van der Waals surface area contributed by atoms with E-state index in [1.807, 2.05) is 6.08 Å². The molecule has 0 unspecified atom stereocenters. The molecule has 0 aromatic rings. The number of carbonyl (C=O) groups is 1. The Kier molecular flexibility index (Phi) is 6.94. The predicted molar refractivity (Wildman–Crippen MR) is 71.9 cm³/mol. The van der Waals surface area contributed by atoms with Gasteiger partial charge in [0.05, 0.1) is 0 Å². The van der Waals surface area contributed by atoms with E-state index in [1.165, 1.54) is 32.4 Å². The molecule has 3 nitrogen and oxygen atoms in total. The Morgan fingerprint density at radius 2 is 2.00 bits per heavy atom. The van der Waals surface area contributed by atoms with Gasteiger partial charge < -0.3 is 10.2 Å². The number of nitrogens with one attached hydrogen (secondary N) is 1. The van der Waals surface area contributed by atoms with Crippen LogP contribution in [-0.4, -0.2) is 37.0 Å². The van der Waals surface area contributed by atoms with Gasteiger partial charge in [0.25, 0.3) is 0 Å². The SMILES string of the molecule is CC(C)/C=C/C(=O)NCCCN1CCCCC1. The average molecular weight is 238 g/mol. The number of hydrogen-bond acceptors (Lipinski definition) is 2. The Morgan fingerprint density at radius 1 is 1.29 bits per heavy atom. The van der Waals surface area contributed by atoms with E-state index >= 15 is 0 Å². The fourth-order valence-corrected chi connectivity index (χ4v) is 2.04. The van der Waals surface area contributed by atoms with Crippen LogP contribution in [0.15, 0.2) is 12.2 Å². The standard InChI is InChI=1S/C14H26N2O/c1-13(2)7-8-14(17)15-9-6-12-16-10-4-3-5-11-16/h7-8,13H,3-6,9-12H2,1-2H3,(H,15,17)/b8-7+. The van der Waals surface area contributed by atoms with Gasteiger partial charge in [0, 0.05) is 6.54 Å². The summed E-state index contributed by atoms with van der Waals surface area (Å²) in [6.45, 7) is 8.52. The molecule has 1 saturated heterocycles. The van der Waals surface area contributed by atoms with E-state index in [0.29, 0.717) is 5.92 Å². The molecule has 3 heteroatoms. The molecule has 0 aromatic heterocycles. The van der Waals surface area contributed by atoms with Crippen molar-refractivity contribution in [1.29, 1.82) is 0 Å². The Labute approximate surface area is 105 Å². The first kappa shape index (κ1) is 14.2. The lowest BCUT2D eigenvalue weighted by atomic mass is 10.1. The van der Waals surface area contributed by atoms with Crippen molar-refractivity contribution in [1.82, 2.24) is 10.2 Å². The van der Waals surface area contributed by atoms with Crippen molar-refractivity contribution in [3.05, 3.63) is 12.2 Å². The van der Waals surface area contributed by atoms with Crippen LogP contribution in [0.1, 0.15) is 39.5 Å². The van der Waals surface area contributed by atoms with E-state index in [2.05, 4.69) is 24.1 Å². The highest BCUT2D eigenvalue weighted by Gasteiger charge is 2.08. The maximum absolute atomic E-state index is 11.4. The molecule has 1 N–H and O–H groups in total. The lowest BCUT2D eigenvalue weighted by molar-refractivity contribution is -0.116. The second kappa shape index (κ2) is 8.29. The van der Waals surface area contributed by atoms with Crippen LogP contribution >= 0.6 is 0 Å². The minimum absolute atomic E-state index is 0.0392. The van der Waals surface area contributed by atoms with Crippen LogP contribution in [0.25, 0.3) is 0 Å². The third-order valence-electron chi connectivity index (χ3n) is 3.03. The minimum atomic E-state index is 0.0392. The topological polar surface area (TPSA) is 32.3 Å². The Hall–Kier alpha value is -0.830. The van der Waals surface area contributed by atoms with Crippen molar-refractivity contribution in [3.8, 4) is 0 Å². The van der Waals surface area contributed by atoms with Crippen molar-refractivity contribution < 1.29 is 4.79 Å². The predicted octanol–water partition coefficient (Wildman–Crippen LogP) is 2.19. The van der Waals surface area contributed by atoms with E-state index < -0.39 is 0 Å². The van der Waals surface area contributed by atoms with Crippen LogP contribution in [0.2, 0.25) is 0 Å². The van der Waals surface area contributed by atoms with Gasteiger partial charge in [-0.05, 0) is 50.9 Å². The van der Waals surface area contributed by atoms with E-state index in [9.17, 15) is 4.79 Å². The fourth-order valence-electron chi connectivity index (χ4n) is 2.04. The number of nitrogens with zero attached hydrogens (tertiary/aromatic N) is 1. The number of rotatable bonds is 6. The molecule has 0 bridgehead atoms. The molecular formula is C14H26N2O. The quantitative estimate of drug-likeness (QED) is 0.568. The van der Waals surface area contributed by atoms with Gasteiger partial charge in [-0.2, -0.15) is 0 Å². The smallest absolute Gasteiger partial charge is 0.243 e. The number of carbonyl (C=O) groups excluding carboxylic acids is 1. The van der Waals surface area contributed by atoms with Crippen LogP contribution < -0.4 is 5.32 Å². The van der Waals surface area contributed by atoms with E-state index in [1.54, 1.807) is 6.08 Å². The van der Waals surface area contributed by atoms with Crippen LogP contribution in [0, 0.1) is 5.92 Å². The summed E-state index contributed by atoms with van der Waals surface area (Å²) in [5.74, 6) is 0.478. The van der Waals surface area contributed by atoms with Gasteiger partial charge in [-0.3, -0.25) is 4.79 Å².